The summed E-state index contributed by atoms with van der Waals surface area (Å²) in [5.41, 5.74) is 10.0. The molecule has 10 rings (SSSR count). The van der Waals surface area contributed by atoms with Gasteiger partial charge < -0.3 is 0 Å². The third-order valence-corrected chi connectivity index (χ3v) is 10.5. The van der Waals surface area contributed by atoms with Gasteiger partial charge in [0, 0.05) is 0 Å². The molecule has 0 nitrogen and oxygen atoms in total. The van der Waals surface area contributed by atoms with Crippen molar-refractivity contribution in [1.29, 1.82) is 0 Å². The Morgan fingerprint density at radius 1 is 0.160 bits per heavy atom. The quantitative estimate of drug-likeness (QED) is 0.181. The van der Waals surface area contributed by atoms with Crippen molar-refractivity contribution in [2.45, 2.75) is 0 Å². The zero-order valence-corrected chi connectivity index (χ0v) is 27.5. The van der Waals surface area contributed by atoms with Crippen molar-refractivity contribution in [2.75, 3.05) is 0 Å². The van der Waals surface area contributed by atoms with Crippen molar-refractivity contribution in [3.05, 3.63) is 194 Å². The molecule has 10 aromatic rings. The minimum Gasteiger partial charge on any atom is -0.0616 e. The first kappa shape index (κ1) is 28.5. The maximum atomic E-state index is 2.36. The SMILES string of the molecule is c1ccc2c(-c3ccc(-c4ccc(-c5cccc6ccccc56)c5c(-c6cccc7ccccc67)cccc45)c4ccccc34)cccc2c1. The smallest absolute Gasteiger partial charge is 0.00201 e. The lowest BCUT2D eigenvalue weighted by Crippen LogP contribution is -1.92. The highest BCUT2D eigenvalue weighted by Gasteiger charge is 2.19. The molecule has 0 heterocycles. The minimum atomic E-state index is 1.24. The first-order valence-electron chi connectivity index (χ1n) is 17.4. The summed E-state index contributed by atoms with van der Waals surface area (Å²) in [6, 6.07) is 71.4. The molecule has 0 bridgehead atoms. The van der Waals surface area contributed by atoms with E-state index in [2.05, 4.69) is 194 Å². The van der Waals surface area contributed by atoms with Gasteiger partial charge in [-0.2, -0.15) is 0 Å². The number of fused-ring (bicyclic) bond motifs is 5. The van der Waals surface area contributed by atoms with Gasteiger partial charge in [0.05, 0.1) is 0 Å². The molecule has 0 spiro atoms. The third-order valence-electron chi connectivity index (χ3n) is 10.5. The van der Waals surface area contributed by atoms with Crippen LogP contribution in [0.1, 0.15) is 0 Å². The van der Waals surface area contributed by atoms with E-state index >= 15 is 0 Å². The van der Waals surface area contributed by atoms with Gasteiger partial charge in [0.25, 0.3) is 0 Å². The van der Waals surface area contributed by atoms with Gasteiger partial charge >= 0.3 is 0 Å². The van der Waals surface area contributed by atoms with Crippen LogP contribution in [0.25, 0.3) is 98.4 Å². The summed E-state index contributed by atoms with van der Waals surface area (Å²) < 4.78 is 0. The van der Waals surface area contributed by atoms with Crippen molar-refractivity contribution >= 4 is 53.9 Å². The highest BCUT2D eigenvalue weighted by Crippen LogP contribution is 2.46. The van der Waals surface area contributed by atoms with E-state index in [1.807, 2.05) is 0 Å². The van der Waals surface area contributed by atoms with Crippen LogP contribution >= 0.6 is 0 Å². The monoisotopic (exact) mass is 632 g/mol. The van der Waals surface area contributed by atoms with Crippen LogP contribution in [0.2, 0.25) is 0 Å². The van der Waals surface area contributed by atoms with Crippen molar-refractivity contribution < 1.29 is 0 Å². The minimum absolute atomic E-state index is 1.24. The Kier molecular flexibility index (Phi) is 6.60. The summed E-state index contributed by atoms with van der Waals surface area (Å²) >= 11 is 0. The highest BCUT2D eigenvalue weighted by atomic mass is 14.2. The van der Waals surface area contributed by atoms with Crippen molar-refractivity contribution in [1.82, 2.24) is 0 Å². The topological polar surface area (TPSA) is 0 Å². The molecule has 50 heavy (non-hydrogen) atoms. The Hall–Kier alpha value is -6.50. The van der Waals surface area contributed by atoms with Gasteiger partial charge in [-0.25, -0.2) is 0 Å². The van der Waals surface area contributed by atoms with Crippen LogP contribution in [-0.4, -0.2) is 0 Å². The fraction of sp³-hybridized carbons (Fsp3) is 0. The first-order chi connectivity index (χ1) is 24.8. The van der Waals surface area contributed by atoms with Crippen molar-refractivity contribution in [3.8, 4) is 44.5 Å². The normalized spacial score (nSPS) is 11.6. The van der Waals surface area contributed by atoms with E-state index in [0.717, 1.165) is 0 Å². The van der Waals surface area contributed by atoms with Gasteiger partial charge in [0.1, 0.15) is 0 Å². The maximum absolute atomic E-state index is 2.36. The van der Waals surface area contributed by atoms with E-state index in [1.165, 1.54) is 98.4 Å². The molecule has 0 unspecified atom stereocenters. The highest BCUT2D eigenvalue weighted by molar-refractivity contribution is 6.19. The number of rotatable bonds is 4. The van der Waals surface area contributed by atoms with Crippen LogP contribution in [0.3, 0.4) is 0 Å². The zero-order valence-electron chi connectivity index (χ0n) is 27.5. The average molecular weight is 633 g/mol. The van der Waals surface area contributed by atoms with E-state index in [1.54, 1.807) is 0 Å². The average Bonchev–Trinajstić information content (AvgIpc) is 3.19. The maximum Gasteiger partial charge on any atom is -0.00201 e. The van der Waals surface area contributed by atoms with Gasteiger partial charge in [-0.15, -0.1) is 0 Å². The molecule has 0 fully saturated rings. The van der Waals surface area contributed by atoms with Crippen LogP contribution < -0.4 is 0 Å². The largest absolute Gasteiger partial charge is 0.0616 e. The van der Waals surface area contributed by atoms with E-state index in [0.29, 0.717) is 0 Å². The molecule has 0 amide bonds. The molecule has 0 aliphatic heterocycles. The lowest BCUT2D eigenvalue weighted by molar-refractivity contribution is 1.64. The Bertz CT molecular complexity index is 2830. The van der Waals surface area contributed by atoms with Crippen LogP contribution in [0.5, 0.6) is 0 Å². The van der Waals surface area contributed by atoms with Crippen molar-refractivity contribution in [2.24, 2.45) is 0 Å². The van der Waals surface area contributed by atoms with Crippen LogP contribution in [0.4, 0.5) is 0 Å². The number of hydrogen-bond donors (Lipinski definition) is 0. The fourth-order valence-electron chi connectivity index (χ4n) is 8.24. The predicted molar refractivity (Wildman–Crippen MR) is 216 cm³/mol. The molecule has 0 aliphatic carbocycles. The molecule has 0 saturated heterocycles. The van der Waals surface area contributed by atoms with Gasteiger partial charge in [-0.05, 0) is 98.4 Å². The molecule has 0 radical (unpaired) electrons. The van der Waals surface area contributed by atoms with E-state index in [-0.39, 0.29) is 0 Å². The molecule has 0 N–H and O–H groups in total. The summed E-state index contributed by atoms with van der Waals surface area (Å²) in [4.78, 5) is 0. The van der Waals surface area contributed by atoms with E-state index in [4.69, 9.17) is 0 Å². The van der Waals surface area contributed by atoms with E-state index < -0.39 is 0 Å². The Labute approximate surface area is 291 Å². The van der Waals surface area contributed by atoms with Crippen LogP contribution in [-0.2, 0) is 0 Å². The predicted octanol–water partition coefficient (Wildman–Crippen LogP) is 14.1. The molecule has 0 aromatic heterocycles. The summed E-state index contributed by atoms with van der Waals surface area (Å²) in [6.07, 6.45) is 0. The van der Waals surface area contributed by atoms with Crippen LogP contribution in [0, 0.1) is 0 Å². The first-order valence-corrected chi connectivity index (χ1v) is 17.4. The molecule has 0 atom stereocenters. The zero-order chi connectivity index (χ0) is 33.0. The summed E-state index contributed by atoms with van der Waals surface area (Å²) in [6.45, 7) is 0. The molecular formula is C50H32. The second-order valence-electron chi connectivity index (χ2n) is 13.2. The van der Waals surface area contributed by atoms with Gasteiger partial charge in [-0.3, -0.25) is 0 Å². The standard InChI is InChI=1S/C50H32/c1-4-19-36-33(13-1)16-9-24-39(36)44-29-30-45(43-23-8-7-22-42(43)44)46-31-32-49(41-26-11-18-35-15-3-6-21-38(35)41)50-47(27-12-28-48(46)50)40-25-10-17-34-14-2-5-20-37(34)40/h1-32H. The second-order valence-corrected chi connectivity index (χ2v) is 13.2. The molecule has 10 aromatic carbocycles. The summed E-state index contributed by atoms with van der Waals surface area (Å²) in [5, 5.41) is 12.6. The lowest BCUT2D eigenvalue weighted by Gasteiger charge is -2.19. The summed E-state index contributed by atoms with van der Waals surface area (Å²) in [5.74, 6) is 0. The number of hydrogen-bond acceptors (Lipinski definition) is 0. The molecule has 0 saturated carbocycles. The van der Waals surface area contributed by atoms with Gasteiger partial charge in [0.2, 0.25) is 0 Å². The van der Waals surface area contributed by atoms with E-state index in [9.17, 15) is 0 Å². The molecule has 0 heteroatoms. The summed E-state index contributed by atoms with van der Waals surface area (Å²) in [7, 11) is 0. The van der Waals surface area contributed by atoms with Gasteiger partial charge in [-0.1, -0.05) is 194 Å². The Morgan fingerprint density at radius 2 is 0.420 bits per heavy atom. The van der Waals surface area contributed by atoms with Gasteiger partial charge in [0.15, 0.2) is 0 Å². The molecular weight excluding hydrogens is 601 g/mol. The number of benzene rings is 10. The Morgan fingerprint density at radius 3 is 0.900 bits per heavy atom. The second kappa shape index (κ2) is 11.6. The third kappa shape index (κ3) is 4.46. The Balaban J connectivity index is 1.29. The van der Waals surface area contributed by atoms with Crippen molar-refractivity contribution in [3.63, 3.8) is 0 Å². The fourth-order valence-corrected chi connectivity index (χ4v) is 8.24. The molecule has 0 aliphatic rings. The molecule has 232 valence electrons. The lowest BCUT2D eigenvalue weighted by atomic mass is 9.84. The van der Waals surface area contributed by atoms with Crippen LogP contribution in [0.15, 0.2) is 194 Å².